The predicted molar refractivity (Wildman–Crippen MR) is 135 cm³/mol. The number of para-hydroxylation sites is 1. The fourth-order valence-corrected chi connectivity index (χ4v) is 3.96. The highest BCUT2D eigenvalue weighted by Gasteiger charge is 2.34. The number of rotatable bonds is 5. The summed E-state index contributed by atoms with van der Waals surface area (Å²) in [5.74, 6) is -0.610. The Morgan fingerprint density at radius 3 is 2.58 bits per heavy atom. The Morgan fingerprint density at radius 1 is 1.03 bits per heavy atom. The van der Waals surface area contributed by atoms with Gasteiger partial charge in [-0.05, 0) is 66.7 Å². The molecule has 0 radical (unpaired) electrons. The number of ether oxygens (including phenoxy) is 1. The third kappa shape index (κ3) is 5.09. The molecule has 0 aliphatic carbocycles. The van der Waals surface area contributed by atoms with E-state index < -0.39 is 11.8 Å². The number of carbonyl (C=O) groups is 2. The van der Waals surface area contributed by atoms with Crippen LogP contribution in [0.5, 0.6) is 5.75 Å². The van der Waals surface area contributed by atoms with Crippen LogP contribution in [0.15, 0.2) is 72.3 Å². The minimum absolute atomic E-state index is 0.00689. The fourth-order valence-electron chi connectivity index (χ4n) is 3.29. The normalized spacial score (nSPS) is 15.1. The van der Waals surface area contributed by atoms with E-state index in [2.05, 4.69) is 5.32 Å². The second-order valence-electron chi connectivity index (χ2n) is 7.35. The molecule has 1 aliphatic rings. The van der Waals surface area contributed by atoms with Crippen LogP contribution in [0.25, 0.3) is 6.08 Å². The number of nitrogens with one attached hydrogen (secondary N) is 1. The number of thiocarbonyl (C=S) groups is 1. The third-order valence-electron chi connectivity index (χ3n) is 5.02. The van der Waals surface area contributed by atoms with Crippen LogP contribution in [-0.4, -0.2) is 16.9 Å². The van der Waals surface area contributed by atoms with Crippen LogP contribution in [0.3, 0.4) is 0 Å². The van der Waals surface area contributed by atoms with Gasteiger partial charge in [-0.1, -0.05) is 59.6 Å². The van der Waals surface area contributed by atoms with Crippen LogP contribution in [-0.2, 0) is 16.2 Å². The smallest absolute Gasteiger partial charge is 0.270 e. The van der Waals surface area contributed by atoms with E-state index in [1.54, 1.807) is 42.5 Å². The summed E-state index contributed by atoms with van der Waals surface area (Å²) in [5.41, 5.74) is 2.73. The fraction of sp³-hybridized carbons (Fsp3) is 0.0800. The van der Waals surface area contributed by atoms with E-state index >= 15 is 0 Å². The van der Waals surface area contributed by atoms with Crippen LogP contribution < -0.4 is 15.0 Å². The highest BCUT2D eigenvalue weighted by molar-refractivity contribution is 7.80. The van der Waals surface area contributed by atoms with Gasteiger partial charge in [0, 0.05) is 15.6 Å². The van der Waals surface area contributed by atoms with E-state index in [4.69, 9.17) is 40.2 Å². The monoisotopic (exact) mass is 496 g/mol. The first-order chi connectivity index (χ1) is 15.8. The van der Waals surface area contributed by atoms with Gasteiger partial charge in [-0.25, -0.2) is 0 Å². The summed E-state index contributed by atoms with van der Waals surface area (Å²) in [7, 11) is 0. The minimum atomic E-state index is -0.580. The molecule has 1 N–H and O–H groups in total. The van der Waals surface area contributed by atoms with Crippen molar-refractivity contribution >= 4 is 64.1 Å². The van der Waals surface area contributed by atoms with E-state index in [-0.39, 0.29) is 17.3 Å². The number of aryl methyl sites for hydroxylation is 1. The quantitative estimate of drug-likeness (QED) is 0.279. The average molecular weight is 497 g/mol. The number of halogens is 2. The van der Waals surface area contributed by atoms with Crippen molar-refractivity contribution in [3.63, 3.8) is 0 Å². The summed E-state index contributed by atoms with van der Waals surface area (Å²) in [6.07, 6.45) is 1.50. The zero-order valence-corrected chi connectivity index (χ0v) is 19.8. The van der Waals surface area contributed by atoms with Crippen LogP contribution in [0.2, 0.25) is 10.0 Å². The number of hydrogen-bond donors (Lipinski definition) is 1. The standard InChI is InChI=1S/C25H18Cl2N2O3S/c1-15-9-10-19(13-21(15)27)29-24(31)20(23(30)28-25(29)33)12-17-6-2-3-8-22(17)32-14-16-5-4-7-18(26)11-16/h2-13H,14H2,1H3,(H,28,30,33)/b20-12+. The Bertz CT molecular complexity index is 1310. The van der Waals surface area contributed by atoms with Gasteiger partial charge in [0.2, 0.25) is 0 Å². The van der Waals surface area contributed by atoms with Crippen molar-refractivity contribution in [2.45, 2.75) is 13.5 Å². The Hall–Kier alpha value is -3.19. The third-order valence-corrected chi connectivity index (χ3v) is 5.94. The van der Waals surface area contributed by atoms with Gasteiger partial charge in [-0.3, -0.25) is 19.8 Å². The van der Waals surface area contributed by atoms with Crippen molar-refractivity contribution in [3.8, 4) is 5.75 Å². The van der Waals surface area contributed by atoms with Crippen molar-refractivity contribution in [1.29, 1.82) is 0 Å². The molecule has 2 amide bonds. The van der Waals surface area contributed by atoms with Gasteiger partial charge in [0.05, 0.1) is 5.69 Å². The molecule has 8 heteroatoms. The maximum Gasteiger partial charge on any atom is 0.270 e. The van der Waals surface area contributed by atoms with Crippen LogP contribution in [0.1, 0.15) is 16.7 Å². The van der Waals surface area contributed by atoms with Crippen LogP contribution in [0.4, 0.5) is 5.69 Å². The first-order valence-electron chi connectivity index (χ1n) is 9.97. The Kier molecular flexibility index (Phi) is 6.79. The number of nitrogens with zero attached hydrogens (tertiary/aromatic N) is 1. The maximum absolute atomic E-state index is 13.3. The summed E-state index contributed by atoms with van der Waals surface area (Å²) in [5, 5.41) is 3.68. The van der Waals surface area contributed by atoms with E-state index in [0.717, 1.165) is 11.1 Å². The molecule has 0 saturated carbocycles. The van der Waals surface area contributed by atoms with Crippen molar-refractivity contribution in [2.75, 3.05) is 4.90 Å². The minimum Gasteiger partial charge on any atom is -0.488 e. The van der Waals surface area contributed by atoms with Gasteiger partial charge in [-0.2, -0.15) is 0 Å². The number of anilines is 1. The summed E-state index contributed by atoms with van der Waals surface area (Å²) in [6.45, 7) is 2.13. The lowest BCUT2D eigenvalue weighted by Gasteiger charge is -2.29. The number of carbonyl (C=O) groups excluding carboxylic acids is 2. The molecule has 4 rings (SSSR count). The first kappa shape index (κ1) is 23.0. The Labute approximate surface area is 206 Å². The molecule has 0 unspecified atom stereocenters. The molecule has 1 saturated heterocycles. The molecule has 0 aromatic heterocycles. The van der Waals surface area contributed by atoms with Crippen LogP contribution in [0, 0.1) is 6.92 Å². The Morgan fingerprint density at radius 2 is 1.82 bits per heavy atom. The van der Waals surface area contributed by atoms with Gasteiger partial charge in [0.15, 0.2) is 5.11 Å². The summed E-state index contributed by atoms with van der Waals surface area (Å²) < 4.78 is 5.95. The highest BCUT2D eigenvalue weighted by Crippen LogP contribution is 2.28. The molecule has 166 valence electrons. The van der Waals surface area contributed by atoms with Crippen LogP contribution >= 0.6 is 35.4 Å². The average Bonchev–Trinajstić information content (AvgIpc) is 2.78. The molecular weight excluding hydrogens is 479 g/mol. The van der Waals surface area contributed by atoms with Crippen molar-refractivity contribution < 1.29 is 14.3 Å². The summed E-state index contributed by atoms with van der Waals surface area (Å²) >= 11 is 17.5. The zero-order valence-electron chi connectivity index (χ0n) is 17.5. The second-order valence-corrected chi connectivity index (χ2v) is 8.58. The van der Waals surface area contributed by atoms with E-state index in [1.807, 2.05) is 31.2 Å². The molecule has 1 fully saturated rings. The van der Waals surface area contributed by atoms with Gasteiger partial charge in [0.25, 0.3) is 11.8 Å². The molecular formula is C25H18Cl2N2O3S. The molecule has 0 spiro atoms. The number of amides is 2. The van der Waals surface area contributed by atoms with Crippen molar-refractivity contribution in [3.05, 3.63) is 99.0 Å². The van der Waals surface area contributed by atoms with Gasteiger partial charge in [0.1, 0.15) is 17.9 Å². The van der Waals surface area contributed by atoms with E-state index in [0.29, 0.717) is 27.0 Å². The lowest BCUT2D eigenvalue weighted by molar-refractivity contribution is -0.122. The Balaban J connectivity index is 1.65. The lowest BCUT2D eigenvalue weighted by Crippen LogP contribution is -2.54. The van der Waals surface area contributed by atoms with Gasteiger partial charge in [-0.15, -0.1) is 0 Å². The topological polar surface area (TPSA) is 58.6 Å². The first-order valence-corrected chi connectivity index (χ1v) is 11.1. The molecule has 0 atom stereocenters. The summed E-state index contributed by atoms with van der Waals surface area (Å²) in [6, 6.07) is 19.6. The van der Waals surface area contributed by atoms with Crippen molar-refractivity contribution in [2.24, 2.45) is 0 Å². The second kappa shape index (κ2) is 9.75. The predicted octanol–water partition coefficient (Wildman–Crippen LogP) is 5.71. The molecule has 3 aromatic rings. The SMILES string of the molecule is Cc1ccc(N2C(=O)/C(=C/c3ccccc3OCc3cccc(Cl)c3)C(=O)NC2=S)cc1Cl. The highest BCUT2D eigenvalue weighted by atomic mass is 35.5. The van der Waals surface area contributed by atoms with Gasteiger partial charge < -0.3 is 4.74 Å². The molecule has 33 heavy (non-hydrogen) atoms. The molecule has 1 aliphatic heterocycles. The molecule has 5 nitrogen and oxygen atoms in total. The molecule has 1 heterocycles. The maximum atomic E-state index is 13.3. The lowest BCUT2D eigenvalue weighted by atomic mass is 10.1. The van der Waals surface area contributed by atoms with E-state index in [1.165, 1.54) is 11.0 Å². The van der Waals surface area contributed by atoms with E-state index in [9.17, 15) is 9.59 Å². The molecule has 3 aromatic carbocycles. The van der Waals surface area contributed by atoms with Crippen molar-refractivity contribution in [1.82, 2.24) is 5.32 Å². The number of hydrogen-bond acceptors (Lipinski definition) is 4. The largest absolute Gasteiger partial charge is 0.488 e. The number of benzene rings is 3. The zero-order chi connectivity index (χ0) is 23.5. The van der Waals surface area contributed by atoms with Gasteiger partial charge >= 0.3 is 0 Å². The molecule has 0 bridgehead atoms. The summed E-state index contributed by atoms with van der Waals surface area (Å²) in [4.78, 5) is 27.2.